The van der Waals surface area contributed by atoms with Crippen LogP contribution >= 0.6 is 11.3 Å². The Balaban J connectivity index is 1.69. The molecule has 5 heteroatoms. The number of hydrogen-bond acceptors (Lipinski definition) is 5. The summed E-state index contributed by atoms with van der Waals surface area (Å²) in [6.07, 6.45) is 5.09. The van der Waals surface area contributed by atoms with Crippen LogP contribution in [0.15, 0.2) is 6.20 Å². The van der Waals surface area contributed by atoms with Gasteiger partial charge in [0.1, 0.15) is 0 Å². The van der Waals surface area contributed by atoms with Gasteiger partial charge in [-0.1, -0.05) is 11.3 Å². The van der Waals surface area contributed by atoms with Crippen molar-refractivity contribution in [1.29, 1.82) is 0 Å². The van der Waals surface area contributed by atoms with Gasteiger partial charge in [0.25, 0.3) is 0 Å². The highest BCUT2D eigenvalue weighted by molar-refractivity contribution is 7.17. The van der Waals surface area contributed by atoms with Crippen molar-refractivity contribution in [3.63, 3.8) is 0 Å². The standard InChI is InChI=1S/C11H16N2O2S/c1-13(4-5-15-8-9-2-3-9)11-12-6-10(7-14)16-11/h6-7,9H,2-5,8H2,1H3. The predicted molar refractivity (Wildman–Crippen MR) is 64.3 cm³/mol. The number of thiazole rings is 1. The van der Waals surface area contributed by atoms with E-state index in [2.05, 4.69) is 4.98 Å². The fourth-order valence-corrected chi connectivity index (χ4v) is 2.06. The largest absolute Gasteiger partial charge is 0.379 e. The minimum absolute atomic E-state index is 0.667. The van der Waals surface area contributed by atoms with Crippen LogP contribution in [0.2, 0.25) is 0 Å². The van der Waals surface area contributed by atoms with Gasteiger partial charge in [-0.3, -0.25) is 4.79 Å². The van der Waals surface area contributed by atoms with E-state index in [1.807, 2.05) is 11.9 Å². The Labute approximate surface area is 99.2 Å². The second-order valence-electron chi connectivity index (χ2n) is 4.10. The summed E-state index contributed by atoms with van der Waals surface area (Å²) >= 11 is 1.41. The van der Waals surface area contributed by atoms with E-state index < -0.39 is 0 Å². The normalized spacial score (nSPS) is 15.1. The highest BCUT2D eigenvalue weighted by Gasteiger charge is 2.21. The molecule has 0 amide bonds. The van der Waals surface area contributed by atoms with E-state index in [0.29, 0.717) is 4.88 Å². The zero-order valence-corrected chi connectivity index (χ0v) is 10.2. The average Bonchev–Trinajstić information content (AvgIpc) is 2.99. The molecule has 0 aromatic carbocycles. The van der Waals surface area contributed by atoms with Gasteiger partial charge in [0.2, 0.25) is 0 Å². The molecule has 1 heterocycles. The van der Waals surface area contributed by atoms with Gasteiger partial charge in [0.05, 0.1) is 17.7 Å². The topological polar surface area (TPSA) is 42.4 Å². The molecule has 16 heavy (non-hydrogen) atoms. The first-order valence-electron chi connectivity index (χ1n) is 5.49. The van der Waals surface area contributed by atoms with Crippen LogP contribution in [0.1, 0.15) is 22.5 Å². The molecule has 0 N–H and O–H groups in total. The molecule has 88 valence electrons. The lowest BCUT2D eigenvalue weighted by atomic mass is 10.5. The van der Waals surface area contributed by atoms with E-state index in [-0.39, 0.29) is 0 Å². The minimum Gasteiger partial charge on any atom is -0.379 e. The first kappa shape index (κ1) is 11.5. The first-order chi connectivity index (χ1) is 7.79. The quantitative estimate of drug-likeness (QED) is 0.538. The summed E-state index contributed by atoms with van der Waals surface area (Å²) in [4.78, 5) is 17.4. The van der Waals surface area contributed by atoms with Crippen molar-refractivity contribution >= 4 is 22.8 Å². The van der Waals surface area contributed by atoms with Crippen LogP contribution < -0.4 is 4.90 Å². The molecule has 0 bridgehead atoms. The van der Waals surface area contributed by atoms with Crippen molar-refractivity contribution in [1.82, 2.24) is 4.98 Å². The Morgan fingerprint density at radius 3 is 3.12 bits per heavy atom. The SMILES string of the molecule is CN(CCOCC1CC1)c1ncc(C=O)s1. The molecule has 0 aliphatic heterocycles. The molecule has 0 atom stereocenters. The van der Waals surface area contributed by atoms with Gasteiger partial charge >= 0.3 is 0 Å². The summed E-state index contributed by atoms with van der Waals surface area (Å²) in [5.74, 6) is 0.812. The lowest BCUT2D eigenvalue weighted by molar-refractivity contribution is 0.112. The number of nitrogens with zero attached hydrogens (tertiary/aromatic N) is 2. The second-order valence-corrected chi connectivity index (χ2v) is 5.14. The Hall–Kier alpha value is -0.940. The molecule has 1 aromatic rings. The fraction of sp³-hybridized carbons (Fsp3) is 0.636. The molecule has 0 unspecified atom stereocenters. The number of aromatic nitrogens is 1. The molecule has 1 aliphatic carbocycles. The van der Waals surface area contributed by atoms with Gasteiger partial charge in [-0.15, -0.1) is 0 Å². The summed E-state index contributed by atoms with van der Waals surface area (Å²) in [6, 6.07) is 0. The molecule has 0 radical (unpaired) electrons. The molecular weight excluding hydrogens is 224 g/mol. The van der Waals surface area contributed by atoms with Crippen LogP contribution in [-0.2, 0) is 4.74 Å². The van der Waals surface area contributed by atoms with Crippen molar-refractivity contribution in [2.24, 2.45) is 5.92 Å². The fourth-order valence-electron chi connectivity index (χ4n) is 1.34. The molecule has 1 fully saturated rings. The number of carbonyl (C=O) groups excluding carboxylic acids is 1. The Morgan fingerprint density at radius 1 is 1.69 bits per heavy atom. The van der Waals surface area contributed by atoms with Gasteiger partial charge in [0, 0.05) is 20.2 Å². The maximum absolute atomic E-state index is 10.5. The third-order valence-electron chi connectivity index (χ3n) is 2.58. The van der Waals surface area contributed by atoms with Crippen LogP contribution in [0.5, 0.6) is 0 Å². The van der Waals surface area contributed by atoms with E-state index in [4.69, 9.17) is 4.74 Å². The zero-order chi connectivity index (χ0) is 11.4. The molecule has 1 aromatic heterocycles. The Kier molecular flexibility index (Phi) is 3.90. The summed E-state index contributed by atoms with van der Waals surface area (Å²) in [5, 5.41) is 0.872. The van der Waals surface area contributed by atoms with Crippen molar-refractivity contribution in [2.75, 3.05) is 31.7 Å². The highest BCUT2D eigenvalue weighted by Crippen LogP contribution is 2.28. The van der Waals surface area contributed by atoms with Crippen LogP contribution in [-0.4, -0.2) is 38.1 Å². The van der Waals surface area contributed by atoms with E-state index in [0.717, 1.165) is 37.1 Å². The number of rotatable bonds is 7. The van der Waals surface area contributed by atoms with Gasteiger partial charge in [-0.05, 0) is 18.8 Å². The number of hydrogen-bond donors (Lipinski definition) is 0. The lowest BCUT2D eigenvalue weighted by Gasteiger charge is -2.15. The van der Waals surface area contributed by atoms with Gasteiger partial charge in [-0.2, -0.15) is 0 Å². The van der Waals surface area contributed by atoms with Crippen molar-refractivity contribution in [3.8, 4) is 0 Å². The summed E-state index contributed by atoms with van der Waals surface area (Å²) in [6.45, 7) is 2.44. The van der Waals surface area contributed by atoms with E-state index in [1.54, 1.807) is 6.20 Å². The maximum atomic E-state index is 10.5. The first-order valence-corrected chi connectivity index (χ1v) is 6.31. The molecular formula is C11H16N2O2S. The molecule has 1 aliphatic rings. The second kappa shape index (κ2) is 5.41. The van der Waals surface area contributed by atoms with Crippen LogP contribution in [0.3, 0.4) is 0 Å². The Morgan fingerprint density at radius 2 is 2.50 bits per heavy atom. The van der Waals surface area contributed by atoms with Crippen molar-refractivity contribution in [3.05, 3.63) is 11.1 Å². The van der Waals surface area contributed by atoms with E-state index >= 15 is 0 Å². The van der Waals surface area contributed by atoms with Crippen LogP contribution in [0.4, 0.5) is 5.13 Å². The molecule has 0 spiro atoms. The number of ether oxygens (including phenoxy) is 1. The third-order valence-corrected chi connectivity index (χ3v) is 3.61. The highest BCUT2D eigenvalue weighted by atomic mass is 32.1. The van der Waals surface area contributed by atoms with Crippen molar-refractivity contribution < 1.29 is 9.53 Å². The molecule has 2 rings (SSSR count). The number of aldehydes is 1. The van der Waals surface area contributed by atoms with Gasteiger partial charge < -0.3 is 9.64 Å². The average molecular weight is 240 g/mol. The van der Waals surface area contributed by atoms with E-state index in [9.17, 15) is 4.79 Å². The third kappa shape index (κ3) is 3.28. The molecule has 4 nitrogen and oxygen atoms in total. The van der Waals surface area contributed by atoms with Gasteiger partial charge in [-0.25, -0.2) is 4.98 Å². The minimum atomic E-state index is 0.667. The summed E-state index contributed by atoms with van der Waals surface area (Å²) in [5.41, 5.74) is 0. The Bertz CT molecular complexity index is 350. The van der Waals surface area contributed by atoms with Crippen LogP contribution in [0.25, 0.3) is 0 Å². The number of carbonyl (C=O) groups is 1. The predicted octanol–water partition coefficient (Wildman–Crippen LogP) is 1.82. The zero-order valence-electron chi connectivity index (χ0n) is 9.39. The number of anilines is 1. The number of likely N-dealkylation sites (N-methyl/N-ethyl adjacent to an activating group) is 1. The lowest BCUT2D eigenvalue weighted by Crippen LogP contribution is -2.22. The van der Waals surface area contributed by atoms with Gasteiger partial charge in [0.15, 0.2) is 11.4 Å². The maximum Gasteiger partial charge on any atom is 0.185 e. The van der Waals surface area contributed by atoms with Crippen molar-refractivity contribution in [2.45, 2.75) is 12.8 Å². The summed E-state index contributed by atoms with van der Waals surface area (Å²) in [7, 11) is 1.97. The van der Waals surface area contributed by atoms with E-state index in [1.165, 1.54) is 24.2 Å². The summed E-state index contributed by atoms with van der Waals surface area (Å²) < 4.78 is 5.55. The molecule has 0 saturated heterocycles. The van der Waals surface area contributed by atoms with Crippen LogP contribution in [0, 0.1) is 5.92 Å². The molecule has 1 saturated carbocycles. The monoisotopic (exact) mass is 240 g/mol. The smallest absolute Gasteiger partial charge is 0.185 e.